The van der Waals surface area contributed by atoms with Crippen molar-refractivity contribution in [2.24, 2.45) is 11.8 Å². The van der Waals surface area contributed by atoms with Gasteiger partial charge in [-0.25, -0.2) is 0 Å². The van der Waals surface area contributed by atoms with Crippen LogP contribution in [0.15, 0.2) is 23.8 Å². The predicted molar refractivity (Wildman–Crippen MR) is 65.7 cm³/mol. The Kier molecular flexibility index (Phi) is 4.15. The lowest BCUT2D eigenvalue weighted by Crippen LogP contribution is -2.27. The fourth-order valence-electron chi connectivity index (χ4n) is 2.23. The van der Waals surface area contributed by atoms with Crippen LogP contribution in [0, 0.1) is 11.8 Å². The average Bonchev–Trinajstić information content (AvgIpc) is 2.84. The molecule has 0 aromatic rings. The summed E-state index contributed by atoms with van der Waals surface area (Å²) in [4.78, 5) is 0. The number of hydrogen-bond acceptors (Lipinski definition) is 1. The van der Waals surface area contributed by atoms with E-state index in [9.17, 15) is 5.11 Å². The zero-order valence-corrected chi connectivity index (χ0v) is 10.5. The van der Waals surface area contributed by atoms with Crippen molar-refractivity contribution in [1.29, 1.82) is 0 Å². The van der Waals surface area contributed by atoms with Gasteiger partial charge in [-0.1, -0.05) is 23.8 Å². The second-order valence-corrected chi connectivity index (χ2v) is 5.21. The van der Waals surface area contributed by atoms with Crippen molar-refractivity contribution in [3.8, 4) is 0 Å². The molecule has 1 saturated carbocycles. The van der Waals surface area contributed by atoms with E-state index in [1.807, 2.05) is 13.8 Å². The van der Waals surface area contributed by atoms with Crippen LogP contribution < -0.4 is 0 Å². The maximum Gasteiger partial charge on any atom is 0.0656 e. The van der Waals surface area contributed by atoms with Crippen molar-refractivity contribution < 1.29 is 5.11 Å². The first-order chi connectivity index (χ1) is 6.97. The molecule has 3 atom stereocenters. The summed E-state index contributed by atoms with van der Waals surface area (Å²) in [6, 6.07) is 0. The lowest BCUT2D eigenvalue weighted by atomic mass is 9.92. The first kappa shape index (κ1) is 12.5. The normalized spacial score (nSPS) is 28.9. The fourth-order valence-corrected chi connectivity index (χ4v) is 2.23. The van der Waals surface area contributed by atoms with E-state index in [1.54, 1.807) is 0 Å². The van der Waals surface area contributed by atoms with Crippen molar-refractivity contribution >= 4 is 0 Å². The van der Waals surface area contributed by atoms with Gasteiger partial charge in [0.1, 0.15) is 0 Å². The van der Waals surface area contributed by atoms with Crippen LogP contribution >= 0.6 is 0 Å². The Morgan fingerprint density at radius 3 is 2.67 bits per heavy atom. The third-order valence-electron chi connectivity index (χ3n) is 3.28. The van der Waals surface area contributed by atoms with Crippen LogP contribution in [0.3, 0.4) is 0 Å². The number of rotatable bonds is 5. The van der Waals surface area contributed by atoms with E-state index in [4.69, 9.17) is 0 Å². The van der Waals surface area contributed by atoms with E-state index in [0.717, 1.165) is 19.3 Å². The summed E-state index contributed by atoms with van der Waals surface area (Å²) in [6.07, 6.45) is 9.57. The summed E-state index contributed by atoms with van der Waals surface area (Å²) >= 11 is 0. The van der Waals surface area contributed by atoms with Gasteiger partial charge in [0.2, 0.25) is 0 Å². The molecule has 15 heavy (non-hydrogen) atoms. The van der Waals surface area contributed by atoms with E-state index in [1.165, 1.54) is 5.57 Å². The summed E-state index contributed by atoms with van der Waals surface area (Å²) in [7, 11) is 0. The minimum Gasteiger partial charge on any atom is -0.390 e. The van der Waals surface area contributed by atoms with E-state index in [-0.39, 0.29) is 0 Å². The van der Waals surface area contributed by atoms with E-state index in [0.29, 0.717) is 11.8 Å². The molecule has 1 rings (SSSR count). The van der Waals surface area contributed by atoms with Gasteiger partial charge in [-0.15, -0.1) is 0 Å². The summed E-state index contributed by atoms with van der Waals surface area (Å²) in [5, 5.41) is 10.3. The standard InChI is InChI=1S/C14H24O/c1-5-7-12-10-13(12)14(4,15)9-6-8-11(2)3/h5,7-8,12-13,15H,6,9-10H2,1-4H3/b7-5+/t12?,13-,14-/m0/s1. The Balaban J connectivity index is 2.37. The molecule has 0 aromatic carbocycles. The molecule has 0 heterocycles. The molecule has 0 bridgehead atoms. The third-order valence-corrected chi connectivity index (χ3v) is 3.28. The molecule has 1 N–H and O–H groups in total. The Morgan fingerprint density at radius 1 is 1.47 bits per heavy atom. The summed E-state index contributed by atoms with van der Waals surface area (Å²) < 4.78 is 0. The first-order valence-electron chi connectivity index (χ1n) is 5.96. The second-order valence-electron chi connectivity index (χ2n) is 5.21. The molecule has 1 nitrogen and oxygen atoms in total. The number of aliphatic hydroxyl groups is 1. The zero-order chi connectivity index (χ0) is 11.5. The van der Waals surface area contributed by atoms with Gasteiger partial charge in [0.25, 0.3) is 0 Å². The molecule has 1 unspecified atom stereocenters. The van der Waals surface area contributed by atoms with Crippen LogP contribution in [0.5, 0.6) is 0 Å². The molecular formula is C14H24O. The van der Waals surface area contributed by atoms with Gasteiger partial charge >= 0.3 is 0 Å². The van der Waals surface area contributed by atoms with Gasteiger partial charge in [0.05, 0.1) is 5.60 Å². The van der Waals surface area contributed by atoms with Gasteiger partial charge in [0, 0.05) is 0 Å². The molecule has 0 aromatic heterocycles. The van der Waals surface area contributed by atoms with E-state index < -0.39 is 5.60 Å². The van der Waals surface area contributed by atoms with Crippen LogP contribution in [0.25, 0.3) is 0 Å². The molecular weight excluding hydrogens is 184 g/mol. The quantitative estimate of drug-likeness (QED) is 0.683. The molecule has 1 aliphatic rings. The van der Waals surface area contributed by atoms with Crippen molar-refractivity contribution in [2.75, 3.05) is 0 Å². The maximum absolute atomic E-state index is 10.3. The molecule has 1 aliphatic carbocycles. The Morgan fingerprint density at radius 2 is 2.13 bits per heavy atom. The van der Waals surface area contributed by atoms with Crippen LogP contribution in [-0.2, 0) is 0 Å². The van der Waals surface area contributed by atoms with Crippen LogP contribution in [0.1, 0.15) is 47.0 Å². The van der Waals surface area contributed by atoms with Gasteiger partial charge in [-0.2, -0.15) is 0 Å². The van der Waals surface area contributed by atoms with Crippen molar-refractivity contribution in [1.82, 2.24) is 0 Å². The second kappa shape index (κ2) is 4.98. The highest BCUT2D eigenvalue weighted by atomic mass is 16.3. The van der Waals surface area contributed by atoms with Crippen LogP contribution in [-0.4, -0.2) is 10.7 Å². The van der Waals surface area contributed by atoms with Gasteiger partial charge in [0.15, 0.2) is 0 Å². The molecule has 1 heteroatoms. The summed E-state index contributed by atoms with van der Waals surface area (Å²) in [5.41, 5.74) is 0.863. The van der Waals surface area contributed by atoms with Gasteiger partial charge in [-0.05, 0) is 58.8 Å². The van der Waals surface area contributed by atoms with Crippen LogP contribution in [0.2, 0.25) is 0 Å². The molecule has 0 amide bonds. The monoisotopic (exact) mass is 208 g/mol. The van der Waals surface area contributed by atoms with Crippen molar-refractivity contribution in [3.05, 3.63) is 23.8 Å². The summed E-state index contributed by atoms with van der Waals surface area (Å²) in [5.74, 6) is 1.11. The fraction of sp³-hybridized carbons (Fsp3) is 0.714. The van der Waals surface area contributed by atoms with Crippen LogP contribution in [0.4, 0.5) is 0 Å². The Hall–Kier alpha value is -0.560. The first-order valence-corrected chi connectivity index (χ1v) is 5.96. The lowest BCUT2D eigenvalue weighted by molar-refractivity contribution is 0.0257. The molecule has 86 valence electrons. The van der Waals surface area contributed by atoms with Crippen molar-refractivity contribution in [3.63, 3.8) is 0 Å². The SMILES string of the molecule is C/C=C/C1C[C@@H]1[C@@](C)(O)CCC=C(C)C. The average molecular weight is 208 g/mol. The molecule has 1 fully saturated rings. The molecule has 0 saturated heterocycles. The summed E-state index contributed by atoms with van der Waals surface area (Å²) in [6.45, 7) is 8.25. The van der Waals surface area contributed by atoms with Crippen molar-refractivity contribution in [2.45, 2.75) is 52.6 Å². The minimum absolute atomic E-state index is 0.476. The topological polar surface area (TPSA) is 20.2 Å². The minimum atomic E-state index is -0.476. The largest absolute Gasteiger partial charge is 0.390 e. The van der Waals surface area contributed by atoms with Gasteiger partial charge < -0.3 is 5.11 Å². The smallest absolute Gasteiger partial charge is 0.0656 e. The highest BCUT2D eigenvalue weighted by Crippen LogP contribution is 2.48. The van der Waals surface area contributed by atoms with E-state index >= 15 is 0 Å². The Bertz CT molecular complexity index is 257. The predicted octanol–water partition coefficient (Wildman–Crippen LogP) is 3.70. The molecule has 0 radical (unpaired) electrons. The highest BCUT2D eigenvalue weighted by Gasteiger charge is 2.47. The molecule has 0 aliphatic heterocycles. The van der Waals surface area contributed by atoms with Gasteiger partial charge in [-0.3, -0.25) is 0 Å². The zero-order valence-electron chi connectivity index (χ0n) is 10.5. The third kappa shape index (κ3) is 3.83. The highest BCUT2D eigenvalue weighted by molar-refractivity contribution is 5.08. The maximum atomic E-state index is 10.3. The van der Waals surface area contributed by atoms with E-state index in [2.05, 4.69) is 32.1 Å². The number of hydrogen-bond donors (Lipinski definition) is 1. The lowest BCUT2D eigenvalue weighted by Gasteiger charge is -2.22. The Labute approximate surface area is 93.9 Å². The molecule has 0 spiro atoms. The number of allylic oxidation sites excluding steroid dienone is 4.